The second kappa shape index (κ2) is 7.73. The van der Waals surface area contributed by atoms with Crippen molar-refractivity contribution in [3.8, 4) is 0 Å². The lowest BCUT2D eigenvalue weighted by Crippen LogP contribution is -2.17. The lowest BCUT2D eigenvalue weighted by molar-refractivity contribution is 0.0447. The first kappa shape index (κ1) is 17.0. The summed E-state index contributed by atoms with van der Waals surface area (Å²) in [7, 11) is 0. The average Bonchev–Trinajstić information content (AvgIpc) is 3.36. The number of ether oxygens (including phenoxy) is 4. The van der Waals surface area contributed by atoms with Crippen LogP contribution in [-0.4, -0.2) is 50.4 Å². The summed E-state index contributed by atoms with van der Waals surface area (Å²) in [6, 6.07) is 4.04. The Bertz CT molecular complexity index is 604. The Hall–Kier alpha value is -2.41. The first-order valence-electron chi connectivity index (χ1n) is 7.33. The SMILES string of the molecule is CCOC(=O)c1ccc(C(=O)OCC)c(C(=O)OCC2CO2)c1. The Morgan fingerprint density at radius 2 is 1.61 bits per heavy atom. The summed E-state index contributed by atoms with van der Waals surface area (Å²) in [5.74, 6) is -1.95. The monoisotopic (exact) mass is 322 g/mol. The average molecular weight is 322 g/mol. The molecule has 124 valence electrons. The minimum Gasteiger partial charge on any atom is -0.462 e. The van der Waals surface area contributed by atoms with Crippen LogP contribution in [0, 0.1) is 0 Å². The van der Waals surface area contributed by atoms with Gasteiger partial charge in [0.05, 0.1) is 36.5 Å². The zero-order valence-electron chi connectivity index (χ0n) is 13.0. The van der Waals surface area contributed by atoms with Gasteiger partial charge in [-0.05, 0) is 32.0 Å². The number of carbonyl (C=O) groups excluding carboxylic acids is 3. The molecular weight excluding hydrogens is 304 g/mol. The molecule has 1 saturated heterocycles. The minimum absolute atomic E-state index is 0.0327. The highest BCUT2D eigenvalue weighted by Gasteiger charge is 2.27. The molecule has 0 aliphatic carbocycles. The van der Waals surface area contributed by atoms with Crippen molar-refractivity contribution in [1.82, 2.24) is 0 Å². The number of carbonyl (C=O) groups is 3. The molecule has 1 aliphatic rings. The van der Waals surface area contributed by atoms with Crippen molar-refractivity contribution in [3.05, 3.63) is 34.9 Å². The van der Waals surface area contributed by atoms with E-state index in [1.165, 1.54) is 18.2 Å². The minimum atomic E-state index is -0.713. The zero-order valence-corrected chi connectivity index (χ0v) is 13.0. The molecule has 0 spiro atoms. The van der Waals surface area contributed by atoms with Crippen LogP contribution in [0.15, 0.2) is 18.2 Å². The van der Waals surface area contributed by atoms with Crippen LogP contribution in [0.3, 0.4) is 0 Å². The van der Waals surface area contributed by atoms with Crippen LogP contribution in [0.2, 0.25) is 0 Å². The first-order chi connectivity index (χ1) is 11.1. The Kier molecular flexibility index (Phi) is 5.70. The highest BCUT2D eigenvalue weighted by Crippen LogP contribution is 2.17. The fourth-order valence-corrected chi connectivity index (χ4v) is 1.85. The van der Waals surface area contributed by atoms with Crippen molar-refractivity contribution < 1.29 is 33.3 Å². The van der Waals surface area contributed by atoms with Gasteiger partial charge >= 0.3 is 17.9 Å². The third-order valence-corrected chi connectivity index (χ3v) is 3.05. The summed E-state index contributed by atoms with van der Waals surface area (Å²) < 4.78 is 19.9. The number of hydrogen-bond donors (Lipinski definition) is 0. The van der Waals surface area contributed by atoms with Crippen molar-refractivity contribution in [2.75, 3.05) is 26.4 Å². The predicted octanol–water partition coefficient (Wildman–Crippen LogP) is 1.60. The van der Waals surface area contributed by atoms with Crippen molar-refractivity contribution in [2.45, 2.75) is 20.0 Å². The van der Waals surface area contributed by atoms with Gasteiger partial charge in [0.25, 0.3) is 0 Å². The smallest absolute Gasteiger partial charge is 0.339 e. The third kappa shape index (κ3) is 4.53. The van der Waals surface area contributed by atoms with E-state index < -0.39 is 17.9 Å². The molecule has 0 saturated carbocycles. The molecule has 1 atom stereocenters. The molecule has 0 N–H and O–H groups in total. The van der Waals surface area contributed by atoms with E-state index in [0.29, 0.717) is 6.61 Å². The van der Waals surface area contributed by atoms with Crippen LogP contribution in [0.5, 0.6) is 0 Å². The number of benzene rings is 1. The fraction of sp³-hybridized carbons (Fsp3) is 0.438. The van der Waals surface area contributed by atoms with Gasteiger partial charge in [-0.3, -0.25) is 0 Å². The summed E-state index contributed by atoms with van der Waals surface area (Å²) in [6.07, 6.45) is -0.0989. The molecule has 2 rings (SSSR count). The molecule has 0 aromatic heterocycles. The van der Waals surface area contributed by atoms with Crippen molar-refractivity contribution in [2.24, 2.45) is 0 Å². The second-order valence-electron chi connectivity index (χ2n) is 4.76. The molecular formula is C16H18O7. The maximum absolute atomic E-state index is 12.2. The van der Waals surface area contributed by atoms with E-state index >= 15 is 0 Å². The topological polar surface area (TPSA) is 91.4 Å². The zero-order chi connectivity index (χ0) is 16.8. The van der Waals surface area contributed by atoms with Gasteiger partial charge in [-0.25, -0.2) is 14.4 Å². The first-order valence-corrected chi connectivity index (χ1v) is 7.33. The van der Waals surface area contributed by atoms with E-state index in [0.717, 1.165) is 0 Å². The molecule has 1 heterocycles. The summed E-state index contributed by atoms with van der Waals surface area (Å²) in [6.45, 7) is 4.36. The van der Waals surface area contributed by atoms with Gasteiger partial charge in [0.15, 0.2) is 0 Å². The quantitative estimate of drug-likeness (QED) is 0.427. The Morgan fingerprint density at radius 1 is 1.00 bits per heavy atom. The number of hydrogen-bond acceptors (Lipinski definition) is 7. The molecule has 7 nitrogen and oxygen atoms in total. The summed E-state index contributed by atoms with van der Waals surface area (Å²) in [4.78, 5) is 35.9. The molecule has 0 bridgehead atoms. The van der Waals surface area contributed by atoms with E-state index in [1.807, 2.05) is 0 Å². The van der Waals surface area contributed by atoms with Gasteiger partial charge in [0.1, 0.15) is 12.7 Å². The fourth-order valence-electron chi connectivity index (χ4n) is 1.85. The van der Waals surface area contributed by atoms with E-state index in [-0.39, 0.29) is 42.6 Å². The normalized spacial score (nSPS) is 15.7. The van der Waals surface area contributed by atoms with Gasteiger partial charge < -0.3 is 18.9 Å². The van der Waals surface area contributed by atoms with E-state index in [2.05, 4.69) is 0 Å². The predicted molar refractivity (Wildman–Crippen MR) is 78.4 cm³/mol. The van der Waals surface area contributed by atoms with Gasteiger partial charge in [0.2, 0.25) is 0 Å². The lowest BCUT2D eigenvalue weighted by atomic mass is 10.0. The summed E-state index contributed by atoms with van der Waals surface area (Å²) >= 11 is 0. The van der Waals surface area contributed by atoms with Gasteiger partial charge in [-0.2, -0.15) is 0 Å². The van der Waals surface area contributed by atoms with Crippen LogP contribution in [-0.2, 0) is 18.9 Å². The number of epoxide rings is 1. The summed E-state index contributed by atoms with van der Waals surface area (Å²) in [5.41, 5.74) is 0.172. The Labute approximate surface area is 133 Å². The second-order valence-corrected chi connectivity index (χ2v) is 4.76. The third-order valence-electron chi connectivity index (χ3n) is 3.05. The maximum atomic E-state index is 12.2. The van der Waals surface area contributed by atoms with Gasteiger partial charge in [0, 0.05) is 0 Å². The molecule has 1 aliphatic heterocycles. The molecule has 0 radical (unpaired) electrons. The number of esters is 3. The number of rotatable bonds is 7. The van der Waals surface area contributed by atoms with Crippen molar-refractivity contribution >= 4 is 17.9 Å². The lowest BCUT2D eigenvalue weighted by Gasteiger charge is -2.10. The molecule has 1 aromatic rings. The summed E-state index contributed by atoms with van der Waals surface area (Å²) in [5, 5.41) is 0. The molecule has 1 fully saturated rings. The largest absolute Gasteiger partial charge is 0.462 e. The van der Waals surface area contributed by atoms with Crippen LogP contribution in [0.25, 0.3) is 0 Å². The van der Waals surface area contributed by atoms with Gasteiger partial charge in [-0.15, -0.1) is 0 Å². The highest BCUT2D eigenvalue weighted by molar-refractivity contribution is 6.05. The molecule has 7 heteroatoms. The van der Waals surface area contributed by atoms with E-state index in [1.54, 1.807) is 13.8 Å². The van der Waals surface area contributed by atoms with Crippen molar-refractivity contribution in [3.63, 3.8) is 0 Å². The standard InChI is InChI=1S/C16H18O7/c1-3-20-14(17)10-5-6-12(15(18)21-4-2)13(7-10)16(19)23-9-11-8-22-11/h5-7,11H,3-4,8-9H2,1-2H3. The van der Waals surface area contributed by atoms with Crippen LogP contribution < -0.4 is 0 Å². The Balaban J connectivity index is 2.27. The molecule has 1 unspecified atom stereocenters. The molecule has 0 amide bonds. The molecule has 1 aromatic carbocycles. The van der Waals surface area contributed by atoms with Crippen molar-refractivity contribution in [1.29, 1.82) is 0 Å². The van der Waals surface area contributed by atoms with Gasteiger partial charge in [-0.1, -0.05) is 0 Å². The van der Waals surface area contributed by atoms with Crippen LogP contribution in [0.1, 0.15) is 44.9 Å². The van der Waals surface area contributed by atoms with E-state index in [4.69, 9.17) is 18.9 Å². The highest BCUT2D eigenvalue weighted by atomic mass is 16.6. The van der Waals surface area contributed by atoms with E-state index in [9.17, 15) is 14.4 Å². The van der Waals surface area contributed by atoms with Crippen LogP contribution >= 0.6 is 0 Å². The molecule has 23 heavy (non-hydrogen) atoms. The Morgan fingerprint density at radius 3 is 2.22 bits per heavy atom. The maximum Gasteiger partial charge on any atom is 0.339 e. The van der Waals surface area contributed by atoms with Crippen LogP contribution in [0.4, 0.5) is 0 Å².